The van der Waals surface area contributed by atoms with Crippen LogP contribution in [0.1, 0.15) is 42.4 Å². The maximum atomic E-state index is 14.0. The molecule has 0 aliphatic carbocycles. The van der Waals surface area contributed by atoms with Crippen molar-refractivity contribution < 1.29 is 19.0 Å². The predicted octanol–water partition coefficient (Wildman–Crippen LogP) is 2.42. The molecule has 2 aromatic heterocycles. The first-order chi connectivity index (χ1) is 17.0. The van der Waals surface area contributed by atoms with Crippen molar-refractivity contribution >= 4 is 17.2 Å². The zero-order valence-electron chi connectivity index (χ0n) is 20.9. The van der Waals surface area contributed by atoms with Gasteiger partial charge in [-0.3, -0.25) is 26.9 Å². The molecule has 11 heteroatoms. The topological polar surface area (TPSA) is 144 Å². The molecule has 2 aliphatic heterocycles. The lowest BCUT2D eigenvalue weighted by Crippen LogP contribution is -2.79. The number of hydrogen-bond acceptors (Lipinski definition) is 9. The Morgan fingerprint density at radius 1 is 1.33 bits per heavy atom. The summed E-state index contributed by atoms with van der Waals surface area (Å²) >= 11 is 1.55. The molecular weight excluding hydrogens is 480 g/mol. The Kier molecular flexibility index (Phi) is 6.08. The van der Waals surface area contributed by atoms with Gasteiger partial charge in [-0.25, -0.2) is 4.68 Å². The monoisotopic (exact) mass is 512 g/mol. The second kappa shape index (κ2) is 8.86. The fraction of sp³-hybridized carbons (Fsp3) is 0.440. The minimum absolute atomic E-state index is 0.147. The van der Waals surface area contributed by atoms with Gasteiger partial charge in [0.25, 0.3) is 5.91 Å². The molecule has 3 aromatic rings. The van der Waals surface area contributed by atoms with Gasteiger partial charge in [0.2, 0.25) is 5.91 Å². The molecule has 0 bridgehead atoms. The Morgan fingerprint density at radius 3 is 2.64 bits per heavy atom. The molecule has 4 heterocycles. The van der Waals surface area contributed by atoms with Crippen molar-refractivity contribution in [1.82, 2.24) is 14.7 Å². The fourth-order valence-corrected chi connectivity index (χ4v) is 5.59. The zero-order valence-corrected chi connectivity index (χ0v) is 21.7. The molecule has 0 radical (unpaired) electrons. The van der Waals surface area contributed by atoms with Crippen molar-refractivity contribution in [2.45, 2.75) is 45.2 Å². The van der Waals surface area contributed by atoms with Crippen LogP contribution in [0, 0.1) is 5.92 Å². The molecule has 1 amide bonds. The van der Waals surface area contributed by atoms with Crippen LogP contribution in [0.15, 0.2) is 29.0 Å². The van der Waals surface area contributed by atoms with Crippen molar-refractivity contribution in [3.05, 3.63) is 45.8 Å². The van der Waals surface area contributed by atoms with Gasteiger partial charge in [0, 0.05) is 22.6 Å². The third kappa shape index (κ3) is 4.06. The van der Waals surface area contributed by atoms with Crippen LogP contribution in [0.4, 0.5) is 0 Å². The van der Waals surface area contributed by atoms with Crippen LogP contribution in [0.3, 0.4) is 0 Å². The van der Waals surface area contributed by atoms with Gasteiger partial charge in [0.05, 0.1) is 37.2 Å². The van der Waals surface area contributed by atoms with Crippen LogP contribution in [-0.4, -0.2) is 52.4 Å². The molecule has 0 spiro atoms. The lowest BCUT2D eigenvalue weighted by atomic mass is 9.94. The van der Waals surface area contributed by atoms with Gasteiger partial charge in [-0.15, -0.1) is 0 Å². The largest absolute Gasteiger partial charge is 0.496 e. The summed E-state index contributed by atoms with van der Waals surface area (Å²) in [6.45, 7) is 6.85. The number of ether oxygens (including phenoxy) is 3. The van der Waals surface area contributed by atoms with E-state index in [1.807, 2.05) is 29.8 Å². The molecule has 0 saturated carbocycles. The van der Waals surface area contributed by atoms with Crippen molar-refractivity contribution in [3.8, 4) is 28.4 Å². The summed E-state index contributed by atoms with van der Waals surface area (Å²) in [5, 5.41) is 8.73. The number of thiophene rings is 1. The average molecular weight is 513 g/mol. The van der Waals surface area contributed by atoms with Gasteiger partial charge in [0.15, 0.2) is 5.69 Å². The van der Waals surface area contributed by atoms with Crippen molar-refractivity contribution in [2.24, 2.45) is 23.1 Å². The third-order valence-electron chi connectivity index (χ3n) is 6.53. The lowest BCUT2D eigenvalue weighted by molar-refractivity contribution is -0.143. The summed E-state index contributed by atoms with van der Waals surface area (Å²) in [6, 6.07) is 5.94. The first kappa shape index (κ1) is 24.7. The highest BCUT2D eigenvalue weighted by molar-refractivity contribution is 7.08. The van der Waals surface area contributed by atoms with E-state index < -0.39 is 17.4 Å². The number of amides is 1. The Hall–Kier alpha value is -2.96. The molecule has 5 rings (SSSR count). The van der Waals surface area contributed by atoms with E-state index in [9.17, 15) is 4.79 Å². The number of aromatic nitrogens is 2. The predicted molar refractivity (Wildman–Crippen MR) is 137 cm³/mol. The number of fused-ring (bicyclic) bond motifs is 3. The molecule has 0 atom stereocenters. The van der Waals surface area contributed by atoms with E-state index in [0.29, 0.717) is 17.2 Å². The normalized spacial score (nSPS) is 16.1. The van der Waals surface area contributed by atoms with Gasteiger partial charge >= 0.3 is 0 Å². The summed E-state index contributed by atoms with van der Waals surface area (Å²) in [6.07, 6.45) is 0.826. The van der Waals surface area contributed by atoms with Crippen LogP contribution >= 0.6 is 11.3 Å². The Labute approximate surface area is 213 Å². The maximum absolute atomic E-state index is 14.0. The Bertz CT molecular complexity index is 1290. The highest BCUT2D eigenvalue weighted by atomic mass is 32.1. The van der Waals surface area contributed by atoms with E-state index >= 15 is 0 Å². The van der Waals surface area contributed by atoms with Gasteiger partial charge in [-0.05, 0) is 42.3 Å². The van der Waals surface area contributed by atoms with Crippen LogP contribution in [-0.2, 0) is 17.8 Å². The number of methoxy groups -OCH3 is 1. The smallest absolute Gasteiger partial charge is 0.278 e. The first-order valence-electron chi connectivity index (χ1n) is 11.8. The summed E-state index contributed by atoms with van der Waals surface area (Å²) in [5.41, 5.74) is 21.9. The minimum Gasteiger partial charge on any atom is -0.496 e. The third-order valence-corrected chi connectivity index (χ3v) is 7.20. The zero-order chi connectivity index (χ0) is 25.8. The quantitative estimate of drug-likeness (QED) is 0.410. The van der Waals surface area contributed by atoms with Gasteiger partial charge in [0.1, 0.15) is 18.1 Å². The lowest BCUT2D eigenvalue weighted by Gasteiger charge is -2.51. The van der Waals surface area contributed by atoms with Crippen LogP contribution < -0.4 is 26.7 Å². The molecule has 192 valence electrons. The molecule has 1 saturated heterocycles. The first-order valence-corrected chi connectivity index (χ1v) is 12.8. The van der Waals surface area contributed by atoms with Crippen LogP contribution in [0.2, 0.25) is 0 Å². The molecule has 2 aliphatic rings. The highest BCUT2D eigenvalue weighted by Crippen LogP contribution is 2.44. The molecule has 1 aromatic carbocycles. The minimum atomic E-state index is -1.90. The second-order valence-electron chi connectivity index (χ2n) is 10.1. The highest BCUT2D eigenvalue weighted by Gasteiger charge is 2.50. The molecule has 1 fully saturated rings. The van der Waals surface area contributed by atoms with Gasteiger partial charge in [-0.2, -0.15) is 16.4 Å². The standard InChI is InChI=1S/C25H32N6O4S/c1-14(2)7-15-8-17-20(9-19(15)33-4)35-10-18-21(29-30(22(17)18)16-5-6-36-11-16)23(32)31(25(26,27)28)24(3)12-34-13-24/h5-6,8-9,11,14H,7,10,12-13,26-28H2,1-4H3. The average Bonchev–Trinajstić information content (AvgIpc) is 3.44. The molecular formula is C25H32N6O4S. The number of nitrogens with zero attached hydrogens (tertiary/aromatic N) is 3. The number of carbonyl (C=O) groups excluding carboxylic acids is 1. The molecule has 10 nitrogen and oxygen atoms in total. The van der Waals surface area contributed by atoms with E-state index in [4.69, 9.17) is 36.5 Å². The molecule has 6 N–H and O–H groups in total. The van der Waals surface area contributed by atoms with Crippen molar-refractivity contribution in [3.63, 3.8) is 0 Å². The van der Waals surface area contributed by atoms with Crippen LogP contribution in [0.25, 0.3) is 16.9 Å². The summed E-state index contributed by atoms with van der Waals surface area (Å²) in [7, 11) is 1.66. The molecule has 0 unspecified atom stereocenters. The second-order valence-corrected chi connectivity index (χ2v) is 10.9. The van der Waals surface area contributed by atoms with Crippen molar-refractivity contribution in [2.75, 3.05) is 20.3 Å². The van der Waals surface area contributed by atoms with Gasteiger partial charge < -0.3 is 14.2 Å². The van der Waals surface area contributed by atoms with E-state index in [1.165, 1.54) is 4.90 Å². The Morgan fingerprint density at radius 2 is 2.08 bits per heavy atom. The summed E-state index contributed by atoms with van der Waals surface area (Å²) < 4.78 is 19.0. The van der Waals surface area contributed by atoms with Crippen LogP contribution in [0.5, 0.6) is 11.5 Å². The van der Waals surface area contributed by atoms with E-state index in [-0.39, 0.29) is 25.5 Å². The van der Waals surface area contributed by atoms with Crippen molar-refractivity contribution in [1.29, 1.82) is 0 Å². The van der Waals surface area contributed by atoms with E-state index in [0.717, 1.165) is 34.7 Å². The number of nitrogens with two attached hydrogens (primary N) is 3. The molecule has 36 heavy (non-hydrogen) atoms. The fourth-order valence-electron chi connectivity index (χ4n) is 4.97. The Balaban J connectivity index is 1.71. The SMILES string of the molecule is COc1cc2c(cc1CC(C)C)-c1c(c(C(=O)N(C(N)(N)N)C3(C)COC3)nn1-c1ccsc1)CO2. The number of rotatable bonds is 7. The maximum Gasteiger partial charge on any atom is 0.278 e. The summed E-state index contributed by atoms with van der Waals surface area (Å²) in [5.74, 6) is -0.511. The van der Waals surface area contributed by atoms with Gasteiger partial charge in [-0.1, -0.05) is 13.8 Å². The number of hydrogen-bond donors (Lipinski definition) is 3. The van der Waals surface area contributed by atoms with E-state index in [2.05, 4.69) is 19.9 Å². The number of carbonyl (C=O) groups is 1. The number of benzene rings is 1. The van der Waals surface area contributed by atoms with E-state index in [1.54, 1.807) is 23.1 Å². The summed E-state index contributed by atoms with van der Waals surface area (Å²) in [4.78, 5) is 15.3.